The summed E-state index contributed by atoms with van der Waals surface area (Å²) in [7, 11) is 1.50. The van der Waals surface area contributed by atoms with E-state index in [0.717, 1.165) is 0 Å². The fourth-order valence-corrected chi connectivity index (χ4v) is 3.08. The van der Waals surface area contributed by atoms with Gasteiger partial charge < -0.3 is 26.3 Å². The third-order valence-corrected chi connectivity index (χ3v) is 4.41. The molecule has 1 unspecified atom stereocenters. The van der Waals surface area contributed by atoms with Gasteiger partial charge in [0.1, 0.15) is 41.7 Å². The van der Waals surface area contributed by atoms with Crippen LogP contribution in [0.4, 0.5) is 17.3 Å². The molecule has 0 bridgehead atoms. The molecule has 11 nitrogen and oxygen atoms in total. The maximum atomic E-state index is 11.2. The van der Waals surface area contributed by atoms with Gasteiger partial charge in [-0.25, -0.2) is 9.98 Å². The molecule has 0 spiro atoms. The minimum Gasteiger partial charge on any atom is -0.496 e. The predicted molar refractivity (Wildman–Crippen MR) is 108 cm³/mol. The van der Waals surface area contributed by atoms with Crippen molar-refractivity contribution in [2.75, 3.05) is 23.9 Å². The van der Waals surface area contributed by atoms with E-state index in [4.69, 9.17) is 26.2 Å². The number of methoxy groups -OCH3 is 1. The Morgan fingerprint density at radius 1 is 1.37 bits per heavy atom. The molecular weight excluding hydrogens is 388 g/mol. The quantitative estimate of drug-likeness (QED) is 0.326. The molecule has 2 aromatic rings. The fourth-order valence-electron chi connectivity index (χ4n) is 3.08. The average Bonchev–Trinajstić information content (AvgIpc) is 2.71. The molecule has 1 aromatic carbocycles. The number of guanidine groups is 1. The summed E-state index contributed by atoms with van der Waals surface area (Å²) in [4.78, 5) is 19.9. The number of nitrogen functional groups attached to an aromatic ring is 2. The largest absolute Gasteiger partial charge is 0.496 e. The fraction of sp³-hybridized carbons (Fsp3) is 0.211. The van der Waals surface area contributed by atoms with Crippen LogP contribution in [0.15, 0.2) is 23.2 Å². The van der Waals surface area contributed by atoms with Crippen molar-refractivity contribution in [3.8, 4) is 18.0 Å². The maximum absolute atomic E-state index is 11.2. The van der Waals surface area contributed by atoms with Gasteiger partial charge in [0.2, 0.25) is 5.96 Å². The number of anilines is 3. The lowest BCUT2D eigenvalue weighted by atomic mass is 9.94. The van der Waals surface area contributed by atoms with E-state index in [2.05, 4.69) is 20.6 Å². The highest BCUT2D eigenvalue weighted by Crippen LogP contribution is 2.41. The molecule has 1 aliphatic rings. The zero-order valence-electron chi connectivity index (χ0n) is 16.2. The molecule has 1 atom stereocenters. The van der Waals surface area contributed by atoms with Gasteiger partial charge in [0.05, 0.1) is 12.8 Å². The zero-order chi connectivity index (χ0) is 21.8. The highest BCUT2D eigenvalue weighted by Gasteiger charge is 2.30. The number of carbonyl (C=O) groups is 1. The van der Waals surface area contributed by atoms with Crippen LogP contribution in [-0.2, 0) is 16.1 Å². The number of rotatable bonds is 4. The first kappa shape index (κ1) is 20.2. The molecule has 0 radical (unpaired) electrons. The predicted octanol–water partition coefficient (Wildman–Crippen LogP) is 1.13. The van der Waals surface area contributed by atoms with Gasteiger partial charge in [0, 0.05) is 18.1 Å². The number of nitriles is 2. The number of nitrogens with zero attached hydrogens (tertiary/aromatic N) is 4. The SMILES string of the molecule is COc1ccc(C2N=C(NC#N)Nc3nc(N)c(C#N)c(N)c32)cc1COC(C)=O. The van der Waals surface area contributed by atoms with Gasteiger partial charge in [-0.1, -0.05) is 6.07 Å². The van der Waals surface area contributed by atoms with Crippen molar-refractivity contribution in [3.63, 3.8) is 0 Å². The molecule has 2 heterocycles. The lowest BCUT2D eigenvalue weighted by molar-refractivity contribution is -0.142. The van der Waals surface area contributed by atoms with Crippen molar-refractivity contribution in [2.24, 2.45) is 4.99 Å². The molecular formula is C19H18N8O3. The van der Waals surface area contributed by atoms with Crippen LogP contribution in [0, 0.1) is 22.8 Å². The summed E-state index contributed by atoms with van der Waals surface area (Å²) in [5.74, 6) is 0.469. The van der Waals surface area contributed by atoms with E-state index in [1.807, 2.05) is 6.07 Å². The van der Waals surface area contributed by atoms with Crippen LogP contribution in [0.3, 0.4) is 0 Å². The third kappa shape index (κ3) is 3.72. The Morgan fingerprint density at radius 3 is 2.77 bits per heavy atom. The van der Waals surface area contributed by atoms with E-state index in [-0.39, 0.29) is 35.5 Å². The van der Waals surface area contributed by atoms with Crippen molar-refractivity contribution < 1.29 is 14.3 Å². The molecule has 0 amide bonds. The molecule has 30 heavy (non-hydrogen) atoms. The topological polar surface area (TPSA) is 184 Å². The van der Waals surface area contributed by atoms with E-state index in [0.29, 0.717) is 22.4 Å². The van der Waals surface area contributed by atoms with Crippen LogP contribution in [0.1, 0.15) is 35.2 Å². The second-order valence-corrected chi connectivity index (χ2v) is 6.25. The molecule has 0 fully saturated rings. The Kier molecular flexibility index (Phi) is 5.56. The zero-order valence-corrected chi connectivity index (χ0v) is 16.2. The monoisotopic (exact) mass is 406 g/mol. The number of fused-ring (bicyclic) bond motifs is 1. The lowest BCUT2D eigenvalue weighted by Crippen LogP contribution is -2.32. The number of pyridine rings is 1. The van der Waals surface area contributed by atoms with Gasteiger partial charge in [0.15, 0.2) is 6.19 Å². The molecule has 3 rings (SSSR count). The number of esters is 1. The summed E-state index contributed by atoms with van der Waals surface area (Å²) in [6, 6.07) is 6.45. The van der Waals surface area contributed by atoms with E-state index < -0.39 is 12.0 Å². The van der Waals surface area contributed by atoms with E-state index in [1.165, 1.54) is 14.0 Å². The first-order valence-electron chi connectivity index (χ1n) is 8.68. The standard InChI is InChI=1S/C19H18N8O3/c1-9(28)30-7-11-5-10(3-4-13(11)29-2)16-14-15(22)12(6-20)17(23)26-18(14)27-19(25-16)24-8-21/h3-5,16H,7H2,1-2H3,(H6,22,23,24,25,26,27). The Bertz CT molecular complexity index is 1130. The normalized spacial score (nSPS) is 14.3. The molecule has 0 saturated heterocycles. The van der Waals surface area contributed by atoms with Crippen molar-refractivity contribution in [3.05, 3.63) is 40.5 Å². The molecule has 11 heteroatoms. The number of nitrogens with one attached hydrogen (secondary N) is 2. The highest BCUT2D eigenvalue weighted by molar-refractivity contribution is 5.98. The molecule has 0 saturated carbocycles. The number of aliphatic imine (C=N–C) groups is 1. The molecule has 6 N–H and O–H groups in total. The second-order valence-electron chi connectivity index (χ2n) is 6.25. The minimum absolute atomic E-state index is 0.00386. The van der Waals surface area contributed by atoms with Crippen LogP contribution in [0.25, 0.3) is 0 Å². The first-order valence-corrected chi connectivity index (χ1v) is 8.68. The van der Waals surface area contributed by atoms with Crippen molar-refractivity contribution in [2.45, 2.75) is 19.6 Å². The van der Waals surface area contributed by atoms with Gasteiger partial charge in [-0.15, -0.1) is 0 Å². The average molecular weight is 406 g/mol. The van der Waals surface area contributed by atoms with Gasteiger partial charge in [-0.3, -0.25) is 10.1 Å². The summed E-state index contributed by atoms with van der Waals surface area (Å²) in [5.41, 5.74) is 13.9. The van der Waals surface area contributed by atoms with Crippen molar-refractivity contribution in [1.29, 1.82) is 10.5 Å². The van der Waals surface area contributed by atoms with Crippen LogP contribution in [0.2, 0.25) is 0 Å². The number of carbonyl (C=O) groups excluding carboxylic acids is 1. The number of hydrogen-bond acceptors (Lipinski definition) is 11. The number of hydrogen-bond donors (Lipinski definition) is 4. The van der Waals surface area contributed by atoms with Crippen LogP contribution in [0.5, 0.6) is 5.75 Å². The molecule has 1 aliphatic heterocycles. The van der Waals surface area contributed by atoms with E-state index >= 15 is 0 Å². The summed E-state index contributed by atoms with van der Waals surface area (Å²) < 4.78 is 10.4. The summed E-state index contributed by atoms with van der Waals surface area (Å²) in [6.45, 7) is 1.31. The minimum atomic E-state index is -0.709. The summed E-state index contributed by atoms with van der Waals surface area (Å²) >= 11 is 0. The number of ether oxygens (including phenoxy) is 2. The van der Waals surface area contributed by atoms with Crippen LogP contribution >= 0.6 is 0 Å². The summed E-state index contributed by atoms with van der Waals surface area (Å²) in [5, 5.41) is 23.7. The highest BCUT2D eigenvalue weighted by atomic mass is 16.5. The molecule has 0 aliphatic carbocycles. The van der Waals surface area contributed by atoms with E-state index in [9.17, 15) is 10.1 Å². The number of benzene rings is 1. The Hall–Kier alpha value is -4.51. The van der Waals surface area contributed by atoms with Crippen molar-refractivity contribution >= 4 is 29.3 Å². The van der Waals surface area contributed by atoms with Crippen LogP contribution in [-0.4, -0.2) is 24.0 Å². The summed E-state index contributed by atoms with van der Waals surface area (Å²) in [6.07, 6.45) is 1.79. The van der Waals surface area contributed by atoms with Gasteiger partial charge in [-0.05, 0) is 17.7 Å². The Morgan fingerprint density at radius 2 is 2.13 bits per heavy atom. The Balaban J connectivity index is 2.17. The van der Waals surface area contributed by atoms with Crippen molar-refractivity contribution in [1.82, 2.24) is 10.3 Å². The molecule has 152 valence electrons. The number of aromatic nitrogens is 1. The lowest BCUT2D eigenvalue weighted by Gasteiger charge is -2.26. The van der Waals surface area contributed by atoms with Gasteiger partial charge in [0.25, 0.3) is 0 Å². The maximum Gasteiger partial charge on any atom is 0.302 e. The van der Waals surface area contributed by atoms with Gasteiger partial charge in [-0.2, -0.15) is 10.5 Å². The molecule has 1 aromatic heterocycles. The van der Waals surface area contributed by atoms with Crippen LogP contribution < -0.4 is 26.8 Å². The first-order chi connectivity index (χ1) is 14.4. The number of nitrogens with two attached hydrogens (primary N) is 2. The Labute approximate surface area is 171 Å². The smallest absolute Gasteiger partial charge is 0.302 e. The van der Waals surface area contributed by atoms with Gasteiger partial charge >= 0.3 is 5.97 Å². The third-order valence-electron chi connectivity index (χ3n) is 4.41. The second kappa shape index (κ2) is 8.24. The van der Waals surface area contributed by atoms with E-state index in [1.54, 1.807) is 24.4 Å².